The molecule has 19 heavy (non-hydrogen) atoms. The molecule has 0 aliphatic heterocycles. The normalized spacial score (nSPS) is 24.5. The summed E-state index contributed by atoms with van der Waals surface area (Å²) in [7, 11) is 0. The fourth-order valence-corrected chi connectivity index (χ4v) is 3.34. The average molecular weight is 262 g/mol. The van der Waals surface area contributed by atoms with Crippen LogP contribution in [0.15, 0.2) is 23.8 Å². The van der Waals surface area contributed by atoms with Gasteiger partial charge in [0.1, 0.15) is 0 Å². The zero-order valence-electron chi connectivity index (χ0n) is 14.3. The van der Waals surface area contributed by atoms with Gasteiger partial charge in [-0.1, -0.05) is 66.7 Å². The molecule has 0 aromatic rings. The molecule has 0 radical (unpaired) electrons. The van der Waals surface area contributed by atoms with E-state index in [1.54, 1.807) is 5.57 Å². The predicted molar refractivity (Wildman–Crippen MR) is 87.3 cm³/mol. The lowest BCUT2D eigenvalue weighted by atomic mass is 9.58. The summed E-state index contributed by atoms with van der Waals surface area (Å²) in [5.41, 5.74) is 2.67. The monoisotopic (exact) mass is 262 g/mol. The molecule has 0 amide bonds. The van der Waals surface area contributed by atoms with Crippen molar-refractivity contribution in [2.45, 2.75) is 80.6 Å². The Morgan fingerprint density at radius 3 is 1.84 bits per heavy atom. The van der Waals surface area contributed by atoms with E-state index in [0.29, 0.717) is 16.2 Å². The summed E-state index contributed by atoms with van der Waals surface area (Å²) in [6.45, 7) is 16.6. The summed E-state index contributed by atoms with van der Waals surface area (Å²) in [6.07, 6.45) is 13.6. The van der Waals surface area contributed by atoms with Gasteiger partial charge in [-0.05, 0) is 53.9 Å². The molecule has 0 N–H and O–H groups in total. The molecule has 0 saturated heterocycles. The van der Waals surface area contributed by atoms with Gasteiger partial charge >= 0.3 is 0 Å². The highest BCUT2D eigenvalue weighted by molar-refractivity contribution is 5.32. The van der Waals surface area contributed by atoms with Crippen LogP contribution in [0.5, 0.6) is 0 Å². The molecule has 1 atom stereocenters. The van der Waals surface area contributed by atoms with Crippen molar-refractivity contribution in [2.24, 2.45) is 16.2 Å². The third-order valence-corrected chi connectivity index (χ3v) is 6.57. The molecule has 0 heteroatoms. The number of hydrogen-bond donors (Lipinski definition) is 0. The molecular weight excluding hydrogens is 228 g/mol. The molecule has 1 unspecified atom stereocenters. The lowest BCUT2D eigenvalue weighted by Gasteiger charge is -2.46. The molecule has 0 saturated carbocycles. The molecule has 0 aromatic carbocycles. The second-order valence-corrected chi connectivity index (χ2v) is 7.15. The van der Waals surface area contributed by atoms with Crippen LogP contribution in [0.3, 0.4) is 0 Å². The first-order valence-corrected chi connectivity index (χ1v) is 8.20. The van der Waals surface area contributed by atoms with Crippen LogP contribution in [-0.2, 0) is 0 Å². The molecule has 0 aromatic heterocycles. The van der Waals surface area contributed by atoms with E-state index in [1.165, 1.54) is 32.1 Å². The fraction of sp³-hybridized carbons (Fsp3) is 0.789. The van der Waals surface area contributed by atoms with Crippen molar-refractivity contribution in [2.75, 3.05) is 0 Å². The number of allylic oxidation sites excluding steroid dienone is 4. The highest BCUT2D eigenvalue weighted by Gasteiger charge is 2.41. The Hall–Kier alpha value is -0.520. The van der Waals surface area contributed by atoms with E-state index >= 15 is 0 Å². The van der Waals surface area contributed by atoms with Gasteiger partial charge in [0, 0.05) is 0 Å². The van der Waals surface area contributed by atoms with Crippen LogP contribution in [-0.4, -0.2) is 0 Å². The maximum Gasteiger partial charge on any atom is -0.00551 e. The maximum atomic E-state index is 2.52. The topological polar surface area (TPSA) is 0 Å². The van der Waals surface area contributed by atoms with Crippen molar-refractivity contribution >= 4 is 0 Å². The predicted octanol–water partition coefficient (Wildman–Crippen LogP) is 6.53. The van der Waals surface area contributed by atoms with E-state index in [0.717, 1.165) is 0 Å². The highest BCUT2D eigenvalue weighted by atomic mass is 14.5. The zero-order chi connectivity index (χ0) is 14.7. The van der Waals surface area contributed by atoms with Gasteiger partial charge in [0.05, 0.1) is 0 Å². The summed E-state index contributed by atoms with van der Waals surface area (Å²) in [5.74, 6) is 0. The highest BCUT2D eigenvalue weighted by Crippen LogP contribution is 2.51. The summed E-state index contributed by atoms with van der Waals surface area (Å²) < 4.78 is 0. The molecule has 1 rings (SSSR count). The third kappa shape index (κ3) is 2.83. The average Bonchev–Trinajstić information content (AvgIpc) is 2.46. The zero-order valence-corrected chi connectivity index (χ0v) is 14.3. The van der Waals surface area contributed by atoms with Crippen LogP contribution >= 0.6 is 0 Å². The Bertz CT molecular complexity index is 350. The van der Waals surface area contributed by atoms with Crippen LogP contribution in [0.4, 0.5) is 0 Å². The minimum Gasteiger partial charge on any atom is -0.0799 e. The van der Waals surface area contributed by atoms with E-state index in [1.807, 2.05) is 0 Å². The summed E-state index contributed by atoms with van der Waals surface area (Å²) in [4.78, 5) is 0. The largest absolute Gasteiger partial charge is 0.0799 e. The minimum absolute atomic E-state index is 0.322. The second kappa shape index (κ2) is 5.85. The van der Waals surface area contributed by atoms with E-state index in [-0.39, 0.29) is 0 Å². The van der Waals surface area contributed by atoms with Crippen LogP contribution in [0, 0.1) is 16.2 Å². The smallest absolute Gasteiger partial charge is 0.00551 e. The summed E-state index contributed by atoms with van der Waals surface area (Å²) >= 11 is 0. The van der Waals surface area contributed by atoms with Crippen molar-refractivity contribution < 1.29 is 0 Å². The van der Waals surface area contributed by atoms with Crippen molar-refractivity contribution in [3.05, 3.63) is 23.8 Å². The lowest BCUT2D eigenvalue weighted by molar-refractivity contribution is 0.108. The van der Waals surface area contributed by atoms with Crippen molar-refractivity contribution in [1.29, 1.82) is 0 Å². The molecule has 0 spiro atoms. The molecule has 0 bridgehead atoms. The van der Waals surface area contributed by atoms with Gasteiger partial charge in [0.15, 0.2) is 0 Å². The quantitative estimate of drug-likeness (QED) is 0.510. The van der Waals surface area contributed by atoms with Gasteiger partial charge in [-0.25, -0.2) is 0 Å². The standard InChI is InChI=1S/C19H34/c1-8-17(5,9-2)16-12-14-19(7,15-13-16)18(6,10-3)11-4/h12-14H,8-11,15H2,1-7H3. The van der Waals surface area contributed by atoms with Gasteiger partial charge in [0.2, 0.25) is 0 Å². The summed E-state index contributed by atoms with van der Waals surface area (Å²) in [6, 6.07) is 0. The maximum absolute atomic E-state index is 2.52. The van der Waals surface area contributed by atoms with E-state index < -0.39 is 0 Å². The van der Waals surface area contributed by atoms with E-state index in [9.17, 15) is 0 Å². The van der Waals surface area contributed by atoms with Gasteiger partial charge in [-0.2, -0.15) is 0 Å². The Labute approximate surface area is 121 Å². The second-order valence-electron chi connectivity index (χ2n) is 7.15. The van der Waals surface area contributed by atoms with Crippen LogP contribution in [0.2, 0.25) is 0 Å². The van der Waals surface area contributed by atoms with E-state index in [2.05, 4.69) is 66.7 Å². The molecule has 0 nitrogen and oxygen atoms in total. The Morgan fingerprint density at radius 1 is 1.00 bits per heavy atom. The Morgan fingerprint density at radius 2 is 1.53 bits per heavy atom. The van der Waals surface area contributed by atoms with Gasteiger partial charge < -0.3 is 0 Å². The Kier molecular flexibility index (Phi) is 5.09. The lowest BCUT2D eigenvalue weighted by Crippen LogP contribution is -2.36. The molecule has 110 valence electrons. The van der Waals surface area contributed by atoms with Crippen molar-refractivity contribution in [3.8, 4) is 0 Å². The molecule has 1 aliphatic rings. The molecule has 0 fully saturated rings. The van der Waals surface area contributed by atoms with Gasteiger partial charge in [-0.3, -0.25) is 0 Å². The van der Waals surface area contributed by atoms with Gasteiger partial charge in [0.25, 0.3) is 0 Å². The Balaban J connectivity index is 2.99. The summed E-state index contributed by atoms with van der Waals surface area (Å²) in [5, 5.41) is 0. The molecule has 0 heterocycles. The van der Waals surface area contributed by atoms with Crippen LogP contribution in [0.25, 0.3) is 0 Å². The van der Waals surface area contributed by atoms with E-state index in [4.69, 9.17) is 0 Å². The third-order valence-electron chi connectivity index (χ3n) is 6.57. The fourth-order valence-electron chi connectivity index (χ4n) is 3.34. The first-order valence-electron chi connectivity index (χ1n) is 8.20. The molecular formula is C19H34. The van der Waals surface area contributed by atoms with Crippen LogP contribution in [0.1, 0.15) is 80.6 Å². The molecule has 1 aliphatic carbocycles. The van der Waals surface area contributed by atoms with Crippen molar-refractivity contribution in [1.82, 2.24) is 0 Å². The SMILES string of the molecule is CCC(C)(CC)C1=CCC(C)(C(C)(CC)CC)C=C1. The minimum atomic E-state index is 0.322. The number of hydrogen-bond acceptors (Lipinski definition) is 0. The van der Waals surface area contributed by atoms with Crippen LogP contribution < -0.4 is 0 Å². The first kappa shape index (κ1) is 16.5. The number of rotatable bonds is 6. The van der Waals surface area contributed by atoms with Gasteiger partial charge in [-0.15, -0.1) is 0 Å². The van der Waals surface area contributed by atoms with Crippen molar-refractivity contribution in [3.63, 3.8) is 0 Å². The first-order chi connectivity index (χ1) is 8.80.